The molecule has 1 aromatic rings. The van der Waals surface area contributed by atoms with Crippen LogP contribution in [0.5, 0.6) is 0 Å². The lowest BCUT2D eigenvalue weighted by Gasteiger charge is -2.14. The molecule has 0 radical (unpaired) electrons. The summed E-state index contributed by atoms with van der Waals surface area (Å²) in [6, 6.07) is 6.54. The summed E-state index contributed by atoms with van der Waals surface area (Å²) < 4.78 is 24.8. The summed E-state index contributed by atoms with van der Waals surface area (Å²) in [4.78, 5) is 10.2. The summed E-state index contributed by atoms with van der Waals surface area (Å²) in [7, 11) is 0. The molecule has 0 aliphatic rings. The number of anilines is 1. The lowest BCUT2D eigenvalue weighted by Crippen LogP contribution is -2.08. The van der Waals surface area contributed by atoms with E-state index in [9.17, 15) is 13.6 Å². The molecule has 0 saturated carbocycles. The van der Waals surface area contributed by atoms with Gasteiger partial charge in [-0.3, -0.25) is 4.79 Å². The monoisotopic (exact) mass is 199 g/mol. The number of alkyl halides is 2. The fourth-order valence-electron chi connectivity index (χ4n) is 1.22. The average Bonchev–Trinajstić information content (AvgIpc) is 2.18. The second-order valence-corrected chi connectivity index (χ2v) is 2.97. The summed E-state index contributed by atoms with van der Waals surface area (Å²) in [6.07, 6.45) is -1.94. The van der Waals surface area contributed by atoms with E-state index in [4.69, 9.17) is 0 Å². The normalized spacial score (nSPS) is 12.6. The quantitative estimate of drug-likeness (QED) is 0.742. The van der Waals surface area contributed by atoms with E-state index in [1.54, 1.807) is 24.3 Å². The fourth-order valence-corrected chi connectivity index (χ4v) is 1.22. The van der Waals surface area contributed by atoms with Crippen molar-refractivity contribution in [1.82, 2.24) is 0 Å². The van der Waals surface area contributed by atoms with Crippen LogP contribution in [0.3, 0.4) is 0 Å². The van der Waals surface area contributed by atoms with Gasteiger partial charge in [0.15, 0.2) is 0 Å². The summed E-state index contributed by atoms with van der Waals surface area (Å²) in [5, 5.41) is 2.40. The summed E-state index contributed by atoms with van der Waals surface area (Å²) >= 11 is 0. The Hall–Kier alpha value is -1.45. The average molecular weight is 199 g/mol. The number of nitrogens with one attached hydrogen (secondary N) is 1. The van der Waals surface area contributed by atoms with Crippen LogP contribution in [0.25, 0.3) is 0 Å². The predicted octanol–water partition coefficient (Wildman–Crippen LogP) is 2.62. The van der Waals surface area contributed by atoms with Gasteiger partial charge >= 0.3 is 0 Å². The highest BCUT2D eigenvalue weighted by Crippen LogP contribution is 2.28. The van der Waals surface area contributed by atoms with Gasteiger partial charge < -0.3 is 5.32 Å². The van der Waals surface area contributed by atoms with Crippen molar-refractivity contribution in [2.24, 2.45) is 0 Å². The van der Waals surface area contributed by atoms with Crippen molar-refractivity contribution in [1.29, 1.82) is 0 Å². The number of hydrogen-bond acceptors (Lipinski definition) is 1. The van der Waals surface area contributed by atoms with Crippen LogP contribution in [0.15, 0.2) is 24.3 Å². The molecule has 1 rings (SSSR count). The van der Waals surface area contributed by atoms with Gasteiger partial charge in [-0.15, -0.1) is 0 Å². The Balaban J connectivity index is 2.99. The molecule has 0 spiro atoms. The minimum absolute atomic E-state index is 0.440. The van der Waals surface area contributed by atoms with Crippen LogP contribution in [-0.2, 0) is 4.79 Å². The maximum absolute atomic E-state index is 12.4. The Labute approximate surface area is 80.9 Å². The summed E-state index contributed by atoms with van der Waals surface area (Å²) in [5.74, 6) is -0.876. The number of para-hydroxylation sites is 1. The van der Waals surface area contributed by atoms with E-state index >= 15 is 0 Å². The van der Waals surface area contributed by atoms with Crippen LogP contribution in [-0.4, -0.2) is 12.8 Å². The van der Waals surface area contributed by atoms with E-state index in [0.29, 0.717) is 17.7 Å². The standard InChI is InChI=1S/C10H11F2NO/c1-7(10(11)12)8-4-2-3-5-9(8)13-6-14/h2-7,10H,1H3,(H,13,14). The molecule has 1 aromatic carbocycles. The molecular weight excluding hydrogens is 188 g/mol. The van der Waals surface area contributed by atoms with Crippen LogP contribution >= 0.6 is 0 Å². The van der Waals surface area contributed by atoms with Crippen molar-refractivity contribution in [2.75, 3.05) is 5.32 Å². The Morgan fingerprint density at radius 1 is 1.36 bits per heavy atom. The van der Waals surface area contributed by atoms with Crippen molar-refractivity contribution in [3.63, 3.8) is 0 Å². The second kappa shape index (κ2) is 4.69. The zero-order valence-corrected chi connectivity index (χ0v) is 7.71. The van der Waals surface area contributed by atoms with Crippen LogP contribution in [0.2, 0.25) is 0 Å². The molecule has 0 fully saturated rings. The predicted molar refractivity (Wildman–Crippen MR) is 50.5 cm³/mol. The molecule has 1 amide bonds. The molecule has 0 bridgehead atoms. The van der Waals surface area contributed by atoms with Gasteiger partial charge in [0.2, 0.25) is 12.8 Å². The molecule has 0 aliphatic heterocycles. The highest BCUT2D eigenvalue weighted by molar-refractivity contribution is 5.73. The van der Waals surface area contributed by atoms with Crippen molar-refractivity contribution in [3.8, 4) is 0 Å². The van der Waals surface area contributed by atoms with Crippen LogP contribution in [0, 0.1) is 0 Å². The first-order chi connectivity index (χ1) is 6.66. The van der Waals surface area contributed by atoms with Crippen LogP contribution in [0.1, 0.15) is 18.4 Å². The van der Waals surface area contributed by atoms with Gasteiger partial charge in [0.1, 0.15) is 0 Å². The molecular formula is C10H11F2NO. The molecule has 1 unspecified atom stereocenters. The van der Waals surface area contributed by atoms with E-state index < -0.39 is 12.3 Å². The third-order valence-electron chi connectivity index (χ3n) is 2.04. The Morgan fingerprint density at radius 3 is 2.57 bits per heavy atom. The maximum Gasteiger partial charge on any atom is 0.245 e. The highest BCUT2D eigenvalue weighted by Gasteiger charge is 2.19. The number of benzene rings is 1. The Morgan fingerprint density at radius 2 is 2.00 bits per heavy atom. The van der Waals surface area contributed by atoms with E-state index in [-0.39, 0.29) is 0 Å². The van der Waals surface area contributed by atoms with Crippen molar-refractivity contribution < 1.29 is 13.6 Å². The van der Waals surface area contributed by atoms with E-state index in [1.165, 1.54) is 6.92 Å². The van der Waals surface area contributed by atoms with E-state index in [2.05, 4.69) is 5.32 Å². The first-order valence-corrected chi connectivity index (χ1v) is 4.24. The van der Waals surface area contributed by atoms with Crippen molar-refractivity contribution in [3.05, 3.63) is 29.8 Å². The molecule has 1 N–H and O–H groups in total. The number of amides is 1. The summed E-state index contributed by atoms with van der Waals surface area (Å²) in [6.45, 7) is 1.43. The molecule has 4 heteroatoms. The van der Waals surface area contributed by atoms with Crippen LogP contribution in [0.4, 0.5) is 14.5 Å². The largest absolute Gasteiger partial charge is 0.328 e. The molecule has 1 atom stereocenters. The van der Waals surface area contributed by atoms with E-state index in [1.807, 2.05) is 0 Å². The van der Waals surface area contributed by atoms with Gasteiger partial charge in [0.25, 0.3) is 0 Å². The first-order valence-electron chi connectivity index (χ1n) is 4.24. The minimum Gasteiger partial charge on any atom is -0.328 e. The SMILES string of the molecule is CC(c1ccccc1NC=O)C(F)F. The third-order valence-corrected chi connectivity index (χ3v) is 2.04. The molecule has 76 valence electrons. The van der Waals surface area contributed by atoms with Gasteiger partial charge in [-0.1, -0.05) is 25.1 Å². The number of carbonyl (C=O) groups excluding carboxylic acids is 1. The number of rotatable bonds is 4. The molecule has 2 nitrogen and oxygen atoms in total. The zero-order chi connectivity index (χ0) is 10.6. The zero-order valence-electron chi connectivity index (χ0n) is 7.71. The Bertz CT molecular complexity index is 315. The molecule has 0 aliphatic carbocycles. The van der Waals surface area contributed by atoms with Gasteiger partial charge in [-0.25, -0.2) is 8.78 Å². The highest BCUT2D eigenvalue weighted by atomic mass is 19.3. The van der Waals surface area contributed by atoms with Gasteiger partial charge in [0.05, 0.1) is 0 Å². The van der Waals surface area contributed by atoms with Gasteiger partial charge in [0, 0.05) is 11.6 Å². The number of carbonyl (C=O) groups is 1. The lowest BCUT2D eigenvalue weighted by molar-refractivity contribution is -0.105. The molecule has 0 aromatic heterocycles. The third kappa shape index (κ3) is 2.28. The maximum atomic E-state index is 12.4. The Kier molecular flexibility index (Phi) is 3.56. The number of halogens is 2. The fraction of sp³-hybridized carbons (Fsp3) is 0.300. The van der Waals surface area contributed by atoms with Crippen LogP contribution < -0.4 is 5.32 Å². The van der Waals surface area contributed by atoms with Gasteiger partial charge in [-0.05, 0) is 11.6 Å². The molecule has 0 saturated heterocycles. The molecule has 0 heterocycles. The topological polar surface area (TPSA) is 29.1 Å². The second-order valence-electron chi connectivity index (χ2n) is 2.97. The smallest absolute Gasteiger partial charge is 0.245 e. The van der Waals surface area contributed by atoms with E-state index in [0.717, 1.165) is 0 Å². The van der Waals surface area contributed by atoms with Crippen molar-refractivity contribution in [2.45, 2.75) is 19.3 Å². The molecule has 14 heavy (non-hydrogen) atoms. The lowest BCUT2D eigenvalue weighted by atomic mass is 10.00. The summed E-state index contributed by atoms with van der Waals surface area (Å²) in [5.41, 5.74) is 0.893. The number of hydrogen-bond donors (Lipinski definition) is 1. The van der Waals surface area contributed by atoms with Crippen molar-refractivity contribution >= 4 is 12.1 Å². The first kappa shape index (κ1) is 10.6. The van der Waals surface area contributed by atoms with Gasteiger partial charge in [-0.2, -0.15) is 0 Å². The minimum atomic E-state index is -2.43.